The Labute approximate surface area is 142 Å². The van der Waals surface area contributed by atoms with E-state index in [9.17, 15) is 9.59 Å². The molecule has 0 radical (unpaired) electrons. The molecule has 2 amide bonds. The lowest BCUT2D eigenvalue weighted by Gasteiger charge is -2.17. The van der Waals surface area contributed by atoms with E-state index in [4.69, 9.17) is 4.74 Å². The van der Waals surface area contributed by atoms with Gasteiger partial charge >= 0.3 is 0 Å². The molecule has 0 fully saturated rings. The number of amides is 2. The van der Waals surface area contributed by atoms with Gasteiger partial charge in [-0.05, 0) is 50.6 Å². The zero-order chi connectivity index (χ0) is 17.7. The predicted octanol–water partition coefficient (Wildman–Crippen LogP) is 3.67. The third kappa shape index (κ3) is 4.84. The lowest BCUT2D eigenvalue weighted by atomic mass is 10.1. The molecule has 0 aliphatic rings. The van der Waals surface area contributed by atoms with Gasteiger partial charge in [-0.25, -0.2) is 0 Å². The van der Waals surface area contributed by atoms with Crippen LogP contribution in [0.4, 0.5) is 11.4 Å². The molecule has 5 heteroatoms. The number of rotatable bonds is 5. The molecule has 0 saturated heterocycles. The number of anilines is 2. The molecule has 0 aliphatic heterocycles. The van der Waals surface area contributed by atoms with E-state index in [0.717, 1.165) is 11.1 Å². The van der Waals surface area contributed by atoms with Crippen molar-refractivity contribution in [2.24, 2.45) is 0 Å². The SMILES string of the molecule is CC(=O)Nc1cccc(NC(=O)[C@H](C)Oc2ccc(C)cc2C)c1. The number of ether oxygens (including phenoxy) is 1. The van der Waals surface area contributed by atoms with E-state index in [1.165, 1.54) is 6.92 Å². The number of carbonyl (C=O) groups is 2. The van der Waals surface area contributed by atoms with Crippen LogP contribution in [0.15, 0.2) is 42.5 Å². The van der Waals surface area contributed by atoms with Crippen molar-refractivity contribution in [3.63, 3.8) is 0 Å². The second kappa shape index (κ2) is 7.64. The number of benzene rings is 2. The lowest BCUT2D eigenvalue weighted by Crippen LogP contribution is -2.30. The monoisotopic (exact) mass is 326 g/mol. The summed E-state index contributed by atoms with van der Waals surface area (Å²) in [5.74, 6) is 0.273. The van der Waals surface area contributed by atoms with Crippen molar-refractivity contribution >= 4 is 23.2 Å². The van der Waals surface area contributed by atoms with Crippen LogP contribution in [0, 0.1) is 13.8 Å². The van der Waals surface area contributed by atoms with Crippen LogP contribution in [0.25, 0.3) is 0 Å². The van der Waals surface area contributed by atoms with E-state index >= 15 is 0 Å². The van der Waals surface area contributed by atoms with E-state index in [2.05, 4.69) is 10.6 Å². The quantitative estimate of drug-likeness (QED) is 0.881. The summed E-state index contributed by atoms with van der Waals surface area (Å²) < 4.78 is 5.75. The van der Waals surface area contributed by atoms with Crippen LogP contribution in [0.1, 0.15) is 25.0 Å². The van der Waals surface area contributed by atoms with E-state index in [-0.39, 0.29) is 11.8 Å². The number of carbonyl (C=O) groups excluding carboxylic acids is 2. The van der Waals surface area contributed by atoms with Gasteiger partial charge in [0.25, 0.3) is 5.91 Å². The molecule has 0 unspecified atom stereocenters. The first-order chi connectivity index (χ1) is 11.3. The Morgan fingerprint density at radius 2 is 1.67 bits per heavy atom. The van der Waals surface area contributed by atoms with Crippen LogP contribution in [0.2, 0.25) is 0 Å². The average Bonchev–Trinajstić information content (AvgIpc) is 2.49. The topological polar surface area (TPSA) is 67.4 Å². The molecular weight excluding hydrogens is 304 g/mol. The highest BCUT2D eigenvalue weighted by atomic mass is 16.5. The minimum Gasteiger partial charge on any atom is -0.481 e. The second-order valence-electron chi connectivity index (χ2n) is 5.78. The molecule has 0 bridgehead atoms. The van der Waals surface area contributed by atoms with Gasteiger partial charge in [-0.2, -0.15) is 0 Å². The Morgan fingerprint density at radius 1 is 1.00 bits per heavy atom. The van der Waals surface area contributed by atoms with Gasteiger partial charge in [0.2, 0.25) is 5.91 Å². The van der Waals surface area contributed by atoms with Crippen molar-refractivity contribution in [2.45, 2.75) is 33.8 Å². The third-order valence-corrected chi connectivity index (χ3v) is 3.45. The summed E-state index contributed by atoms with van der Waals surface area (Å²) in [6.45, 7) is 7.09. The van der Waals surface area contributed by atoms with Crippen LogP contribution in [-0.4, -0.2) is 17.9 Å². The van der Waals surface area contributed by atoms with E-state index < -0.39 is 6.10 Å². The van der Waals surface area contributed by atoms with Gasteiger partial charge in [-0.1, -0.05) is 23.8 Å². The van der Waals surface area contributed by atoms with Gasteiger partial charge < -0.3 is 15.4 Å². The zero-order valence-electron chi connectivity index (χ0n) is 14.3. The van der Waals surface area contributed by atoms with Gasteiger partial charge in [0.05, 0.1) is 0 Å². The van der Waals surface area contributed by atoms with Gasteiger partial charge in [-0.15, -0.1) is 0 Å². The van der Waals surface area contributed by atoms with Crippen LogP contribution in [0.5, 0.6) is 5.75 Å². The largest absolute Gasteiger partial charge is 0.481 e. The first kappa shape index (κ1) is 17.5. The number of nitrogens with one attached hydrogen (secondary N) is 2. The molecule has 1 atom stereocenters. The molecular formula is C19H22N2O3. The van der Waals surface area contributed by atoms with Crippen LogP contribution in [0.3, 0.4) is 0 Å². The third-order valence-electron chi connectivity index (χ3n) is 3.45. The molecule has 2 N–H and O–H groups in total. The van der Waals surface area contributed by atoms with E-state index in [1.807, 2.05) is 32.0 Å². The highest BCUT2D eigenvalue weighted by Crippen LogP contribution is 2.21. The molecule has 0 aliphatic carbocycles. The summed E-state index contributed by atoms with van der Waals surface area (Å²) in [5.41, 5.74) is 3.36. The molecule has 0 spiro atoms. The smallest absolute Gasteiger partial charge is 0.265 e. The summed E-state index contributed by atoms with van der Waals surface area (Å²) in [7, 11) is 0. The summed E-state index contributed by atoms with van der Waals surface area (Å²) in [5, 5.41) is 5.47. The average molecular weight is 326 g/mol. The van der Waals surface area contributed by atoms with Crippen molar-refractivity contribution in [3.05, 3.63) is 53.6 Å². The maximum Gasteiger partial charge on any atom is 0.265 e. The summed E-state index contributed by atoms with van der Waals surface area (Å²) >= 11 is 0. The Balaban J connectivity index is 2.02. The minimum atomic E-state index is -0.643. The van der Waals surface area contributed by atoms with Crippen molar-refractivity contribution in [2.75, 3.05) is 10.6 Å². The van der Waals surface area contributed by atoms with Gasteiger partial charge in [0.1, 0.15) is 5.75 Å². The predicted molar refractivity (Wildman–Crippen MR) is 95.4 cm³/mol. The van der Waals surface area contributed by atoms with Crippen LogP contribution >= 0.6 is 0 Å². The highest BCUT2D eigenvalue weighted by Gasteiger charge is 2.16. The van der Waals surface area contributed by atoms with Gasteiger partial charge in [0, 0.05) is 18.3 Å². The zero-order valence-corrected chi connectivity index (χ0v) is 14.3. The summed E-state index contributed by atoms with van der Waals surface area (Å²) in [6, 6.07) is 12.8. The maximum atomic E-state index is 12.3. The van der Waals surface area contributed by atoms with E-state index in [1.54, 1.807) is 31.2 Å². The molecule has 24 heavy (non-hydrogen) atoms. The van der Waals surface area contributed by atoms with Gasteiger partial charge in [-0.3, -0.25) is 9.59 Å². The molecule has 2 aromatic carbocycles. The van der Waals surface area contributed by atoms with Crippen LogP contribution in [-0.2, 0) is 9.59 Å². The molecule has 2 rings (SSSR count). The Bertz CT molecular complexity index is 756. The minimum absolute atomic E-state index is 0.162. The normalized spacial score (nSPS) is 11.5. The number of hydrogen-bond donors (Lipinski definition) is 2. The maximum absolute atomic E-state index is 12.3. The molecule has 0 saturated carbocycles. The summed E-state index contributed by atoms with van der Waals surface area (Å²) in [6.07, 6.45) is -0.643. The summed E-state index contributed by atoms with van der Waals surface area (Å²) in [4.78, 5) is 23.4. The Morgan fingerprint density at radius 3 is 2.29 bits per heavy atom. The van der Waals surface area contributed by atoms with Gasteiger partial charge in [0.15, 0.2) is 6.10 Å². The highest BCUT2D eigenvalue weighted by molar-refractivity contribution is 5.95. The fraction of sp³-hybridized carbons (Fsp3) is 0.263. The van der Waals surface area contributed by atoms with E-state index in [0.29, 0.717) is 17.1 Å². The first-order valence-electron chi connectivity index (χ1n) is 7.77. The molecule has 2 aromatic rings. The fourth-order valence-corrected chi connectivity index (χ4v) is 2.30. The van der Waals surface area contributed by atoms with Crippen molar-refractivity contribution in [1.29, 1.82) is 0 Å². The standard InChI is InChI=1S/C19H22N2O3/c1-12-8-9-18(13(2)10-12)24-14(3)19(23)21-17-7-5-6-16(11-17)20-15(4)22/h5-11,14H,1-4H3,(H,20,22)(H,21,23)/t14-/m0/s1. The van der Waals surface area contributed by atoms with Crippen molar-refractivity contribution < 1.29 is 14.3 Å². The first-order valence-corrected chi connectivity index (χ1v) is 7.77. The molecule has 126 valence electrons. The van der Waals surface area contributed by atoms with Crippen molar-refractivity contribution in [1.82, 2.24) is 0 Å². The van der Waals surface area contributed by atoms with Crippen LogP contribution < -0.4 is 15.4 Å². The Hall–Kier alpha value is -2.82. The van der Waals surface area contributed by atoms with Crippen molar-refractivity contribution in [3.8, 4) is 5.75 Å². The second-order valence-corrected chi connectivity index (χ2v) is 5.78. The fourth-order valence-electron chi connectivity index (χ4n) is 2.30. The number of aryl methyl sites for hydroxylation is 2. The Kier molecular flexibility index (Phi) is 5.58. The molecule has 0 heterocycles. The molecule has 0 aromatic heterocycles. The number of hydrogen-bond acceptors (Lipinski definition) is 3. The molecule has 5 nitrogen and oxygen atoms in total. The lowest BCUT2D eigenvalue weighted by molar-refractivity contribution is -0.122.